The Hall–Kier alpha value is -1.84. The molecule has 0 amide bonds. The lowest BCUT2D eigenvalue weighted by Gasteiger charge is -2.08. The Bertz CT molecular complexity index is 437. The van der Waals surface area contributed by atoms with E-state index in [4.69, 9.17) is 9.47 Å². The Balaban J connectivity index is 2.82. The summed E-state index contributed by atoms with van der Waals surface area (Å²) in [6.45, 7) is 4.08. The molecule has 0 atom stereocenters. The molecule has 0 saturated carbocycles. The fourth-order valence-electron chi connectivity index (χ4n) is 1.71. The Morgan fingerprint density at radius 1 is 1.28 bits per heavy atom. The van der Waals surface area contributed by atoms with E-state index in [-0.39, 0.29) is 18.4 Å². The zero-order valence-electron chi connectivity index (χ0n) is 11.0. The highest BCUT2D eigenvalue weighted by atomic mass is 16.5. The van der Waals surface area contributed by atoms with Gasteiger partial charge in [-0.15, -0.1) is 0 Å². The summed E-state index contributed by atoms with van der Waals surface area (Å²) in [5.41, 5.74) is 2.36. The first-order valence-corrected chi connectivity index (χ1v) is 5.92. The van der Waals surface area contributed by atoms with E-state index in [0.29, 0.717) is 18.6 Å². The molecule has 0 N–H and O–H groups in total. The van der Waals surface area contributed by atoms with Crippen molar-refractivity contribution in [2.75, 3.05) is 13.7 Å². The molecule has 0 aliphatic carbocycles. The zero-order chi connectivity index (χ0) is 13.5. The zero-order valence-corrected chi connectivity index (χ0v) is 11.0. The lowest BCUT2D eigenvalue weighted by molar-refractivity contribution is -0.143. The van der Waals surface area contributed by atoms with E-state index in [1.54, 1.807) is 13.0 Å². The smallest absolute Gasteiger partial charge is 0.338 e. The fraction of sp³-hybridized carbons (Fsp3) is 0.429. The third-order valence-electron chi connectivity index (χ3n) is 2.57. The number of carbonyl (C=O) groups is 2. The van der Waals surface area contributed by atoms with Crippen molar-refractivity contribution >= 4 is 11.9 Å². The van der Waals surface area contributed by atoms with Crippen molar-refractivity contribution in [1.29, 1.82) is 0 Å². The van der Waals surface area contributed by atoms with Crippen LogP contribution in [-0.2, 0) is 20.7 Å². The molecule has 0 spiro atoms. The van der Waals surface area contributed by atoms with E-state index >= 15 is 0 Å². The van der Waals surface area contributed by atoms with Crippen LogP contribution in [0.25, 0.3) is 0 Å². The maximum Gasteiger partial charge on any atom is 0.338 e. The number of hydrogen-bond donors (Lipinski definition) is 0. The quantitative estimate of drug-likeness (QED) is 0.752. The molecule has 4 nitrogen and oxygen atoms in total. The lowest BCUT2D eigenvalue weighted by Crippen LogP contribution is -2.09. The largest absolute Gasteiger partial charge is 0.466 e. The normalized spacial score (nSPS) is 9.94. The summed E-state index contributed by atoms with van der Waals surface area (Å²) >= 11 is 0. The van der Waals surface area contributed by atoms with Gasteiger partial charge in [0.05, 0.1) is 19.3 Å². The van der Waals surface area contributed by atoms with Crippen LogP contribution in [0.2, 0.25) is 0 Å². The minimum Gasteiger partial charge on any atom is -0.466 e. The van der Waals surface area contributed by atoms with Gasteiger partial charge in [-0.25, -0.2) is 4.79 Å². The van der Waals surface area contributed by atoms with E-state index < -0.39 is 0 Å². The van der Waals surface area contributed by atoms with Crippen molar-refractivity contribution in [1.82, 2.24) is 0 Å². The number of rotatable bonds is 5. The molecule has 0 heterocycles. The second-order valence-electron chi connectivity index (χ2n) is 3.96. The van der Waals surface area contributed by atoms with Gasteiger partial charge in [-0.2, -0.15) is 0 Å². The van der Waals surface area contributed by atoms with E-state index in [1.807, 2.05) is 19.1 Å². The highest BCUT2D eigenvalue weighted by molar-refractivity contribution is 5.91. The maximum atomic E-state index is 11.6. The molecule has 0 aliphatic heterocycles. The minimum atomic E-state index is -0.381. The summed E-state index contributed by atoms with van der Waals surface area (Å²) < 4.78 is 9.58. The number of esters is 2. The van der Waals surface area contributed by atoms with E-state index in [2.05, 4.69) is 0 Å². The SMILES string of the molecule is CCOC(=O)CCc1cc(C)ccc1C(=O)OC. The predicted octanol–water partition coefficient (Wildman–Crippen LogP) is 2.28. The number of aryl methyl sites for hydroxylation is 2. The maximum absolute atomic E-state index is 11.6. The Morgan fingerprint density at radius 2 is 2.00 bits per heavy atom. The van der Waals surface area contributed by atoms with Crippen LogP contribution in [0.3, 0.4) is 0 Å². The van der Waals surface area contributed by atoms with Crippen molar-refractivity contribution in [2.45, 2.75) is 26.7 Å². The standard InChI is InChI=1S/C14H18O4/c1-4-18-13(15)8-6-11-9-10(2)5-7-12(11)14(16)17-3/h5,7,9H,4,6,8H2,1-3H3. The van der Waals surface area contributed by atoms with Gasteiger partial charge in [-0.3, -0.25) is 4.79 Å². The number of ether oxygens (including phenoxy) is 2. The average Bonchev–Trinajstić information content (AvgIpc) is 2.36. The number of hydrogen-bond acceptors (Lipinski definition) is 4. The van der Waals surface area contributed by atoms with Gasteiger partial charge in [0, 0.05) is 6.42 Å². The summed E-state index contributed by atoms with van der Waals surface area (Å²) in [6.07, 6.45) is 0.742. The van der Waals surface area contributed by atoms with Crippen LogP contribution in [0, 0.1) is 6.92 Å². The van der Waals surface area contributed by atoms with E-state index in [1.165, 1.54) is 7.11 Å². The second kappa shape index (κ2) is 6.79. The molecule has 4 heteroatoms. The number of benzene rings is 1. The summed E-state index contributed by atoms with van der Waals surface area (Å²) in [5, 5.41) is 0. The average molecular weight is 250 g/mol. The minimum absolute atomic E-state index is 0.255. The van der Waals surface area contributed by atoms with Gasteiger partial charge in [-0.05, 0) is 31.9 Å². The molecule has 0 fully saturated rings. The molecule has 1 aromatic carbocycles. The van der Waals surface area contributed by atoms with Crippen molar-refractivity contribution in [2.24, 2.45) is 0 Å². The summed E-state index contributed by atoms with van der Waals surface area (Å²) in [4.78, 5) is 22.9. The first kappa shape index (κ1) is 14.2. The third-order valence-corrected chi connectivity index (χ3v) is 2.57. The Morgan fingerprint density at radius 3 is 2.61 bits per heavy atom. The first-order chi connectivity index (χ1) is 8.58. The molecule has 0 bridgehead atoms. The molecular formula is C14H18O4. The summed E-state index contributed by atoms with van der Waals surface area (Å²) in [5.74, 6) is -0.635. The summed E-state index contributed by atoms with van der Waals surface area (Å²) in [7, 11) is 1.34. The number of carbonyl (C=O) groups excluding carboxylic acids is 2. The van der Waals surface area contributed by atoms with E-state index in [0.717, 1.165) is 11.1 Å². The number of methoxy groups -OCH3 is 1. The highest BCUT2D eigenvalue weighted by Gasteiger charge is 2.13. The van der Waals surface area contributed by atoms with Crippen LogP contribution in [-0.4, -0.2) is 25.7 Å². The van der Waals surface area contributed by atoms with Gasteiger partial charge in [-0.1, -0.05) is 17.7 Å². The molecule has 18 heavy (non-hydrogen) atoms. The van der Waals surface area contributed by atoms with E-state index in [9.17, 15) is 9.59 Å². The summed E-state index contributed by atoms with van der Waals surface area (Å²) in [6, 6.07) is 5.47. The molecule has 0 aromatic heterocycles. The molecule has 0 saturated heterocycles. The van der Waals surface area contributed by atoms with Crippen molar-refractivity contribution in [3.05, 3.63) is 34.9 Å². The van der Waals surface area contributed by atoms with Crippen LogP contribution in [0.5, 0.6) is 0 Å². The van der Waals surface area contributed by atoms with Crippen molar-refractivity contribution in [3.8, 4) is 0 Å². The molecule has 0 aliphatic rings. The van der Waals surface area contributed by atoms with Crippen molar-refractivity contribution in [3.63, 3.8) is 0 Å². The van der Waals surface area contributed by atoms with Gasteiger partial charge in [0.2, 0.25) is 0 Å². The van der Waals surface area contributed by atoms with Gasteiger partial charge in [0.1, 0.15) is 0 Å². The Labute approximate surface area is 107 Å². The lowest BCUT2D eigenvalue weighted by atomic mass is 10.0. The second-order valence-corrected chi connectivity index (χ2v) is 3.96. The fourth-order valence-corrected chi connectivity index (χ4v) is 1.71. The van der Waals surface area contributed by atoms with Gasteiger partial charge in [0.25, 0.3) is 0 Å². The highest BCUT2D eigenvalue weighted by Crippen LogP contribution is 2.15. The third kappa shape index (κ3) is 3.87. The topological polar surface area (TPSA) is 52.6 Å². The van der Waals surface area contributed by atoms with Crippen LogP contribution in [0.15, 0.2) is 18.2 Å². The predicted molar refractivity (Wildman–Crippen MR) is 67.5 cm³/mol. The molecule has 1 rings (SSSR count). The Kier molecular flexibility index (Phi) is 5.36. The van der Waals surface area contributed by atoms with Gasteiger partial charge in [0.15, 0.2) is 0 Å². The van der Waals surface area contributed by atoms with Crippen LogP contribution < -0.4 is 0 Å². The van der Waals surface area contributed by atoms with Gasteiger partial charge >= 0.3 is 11.9 Å². The first-order valence-electron chi connectivity index (χ1n) is 5.92. The van der Waals surface area contributed by atoms with Crippen LogP contribution >= 0.6 is 0 Å². The van der Waals surface area contributed by atoms with Gasteiger partial charge < -0.3 is 9.47 Å². The van der Waals surface area contributed by atoms with Crippen LogP contribution in [0.1, 0.15) is 34.8 Å². The molecule has 0 unspecified atom stereocenters. The molecule has 1 aromatic rings. The molecular weight excluding hydrogens is 232 g/mol. The molecule has 98 valence electrons. The monoisotopic (exact) mass is 250 g/mol. The van der Waals surface area contributed by atoms with Crippen LogP contribution in [0.4, 0.5) is 0 Å². The van der Waals surface area contributed by atoms with Crippen molar-refractivity contribution < 1.29 is 19.1 Å². The molecule has 0 radical (unpaired) electrons.